The third kappa shape index (κ3) is 5.63. The van der Waals surface area contributed by atoms with E-state index in [-0.39, 0.29) is 18.2 Å². The van der Waals surface area contributed by atoms with Crippen LogP contribution in [0, 0.1) is 5.82 Å². The summed E-state index contributed by atoms with van der Waals surface area (Å²) in [4.78, 5) is 37.6. The maximum Gasteiger partial charge on any atom is 0.329 e. The average molecular weight is 412 g/mol. The molecule has 2 aromatic carbocycles. The van der Waals surface area contributed by atoms with Crippen molar-refractivity contribution in [2.75, 3.05) is 25.0 Å². The fraction of sp³-hybridized carbons (Fsp3) is 0.238. The number of halogens is 1. The average Bonchev–Trinajstić information content (AvgIpc) is 3.29. The summed E-state index contributed by atoms with van der Waals surface area (Å²) in [5.74, 6) is -2.44. The van der Waals surface area contributed by atoms with Crippen LogP contribution in [0.25, 0.3) is 0 Å². The zero-order chi connectivity index (χ0) is 21.3. The van der Waals surface area contributed by atoms with E-state index >= 15 is 0 Å². The predicted octanol–water partition coefficient (Wildman–Crippen LogP) is 1.92. The summed E-state index contributed by atoms with van der Waals surface area (Å²) in [7, 11) is 0. The second kappa shape index (κ2) is 10.1. The van der Waals surface area contributed by atoms with Gasteiger partial charge in [-0.15, -0.1) is 0 Å². The Morgan fingerprint density at radius 2 is 1.73 bits per heavy atom. The Kier molecular flexibility index (Phi) is 7.09. The number of hydrazone groups is 1. The molecule has 1 aliphatic heterocycles. The van der Waals surface area contributed by atoms with Crippen molar-refractivity contribution in [1.82, 2.24) is 10.3 Å². The number of carbonyl (C=O) groups is 3. The number of nitrogens with one attached hydrogen (secondary N) is 2. The van der Waals surface area contributed by atoms with Gasteiger partial charge in [0.15, 0.2) is 6.61 Å². The number of rotatable bonds is 6. The number of carbonyl (C=O) groups excluding carboxylic acids is 3. The minimum Gasteiger partial charge on any atom is -0.483 e. The molecule has 0 radical (unpaired) electrons. The van der Waals surface area contributed by atoms with E-state index in [9.17, 15) is 18.8 Å². The molecule has 1 heterocycles. The molecule has 8 nitrogen and oxygen atoms in total. The molecule has 0 unspecified atom stereocenters. The molecule has 0 aromatic heterocycles. The fourth-order valence-corrected chi connectivity index (χ4v) is 2.87. The van der Waals surface area contributed by atoms with Gasteiger partial charge in [0.25, 0.3) is 5.91 Å². The maximum absolute atomic E-state index is 13.5. The van der Waals surface area contributed by atoms with Crippen molar-refractivity contribution in [2.45, 2.75) is 12.8 Å². The summed E-state index contributed by atoms with van der Waals surface area (Å²) >= 11 is 0. The Hall–Kier alpha value is -3.75. The molecule has 3 rings (SSSR count). The van der Waals surface area contributed by atoms with Crippen molar-refractivity contribution in [2.24, 2.45) is 5.10 Å². The first kappa shape index (κ1) is 21.0. The smallest absolute Gasteiger partial charge is 0.329 e. The van der Waals surface area contributed by atoms with Crippen LogP contribution < -0.4 is 15.5 Å². The Balaban J connectivity index is 1.54. The Morgan fingerprint density at radius 1 is 1.03 bits per heavy atom. The standard InChI is InChI=1S/C21H21FN4O4/c22-16-8-2-3-9-17(16)24-20(28)21(29)25-23-13-15-7-1-4-10-18(15)30-14-19(27)26-11-5-6-12-26/h1-4,7-10,13H,5-6,11-12,14H2,(H,24,28)(H,25,29)/b23-13-. The summed E-state index contributed by atoms with van der Waals surface area (Å²) in [6, 6.07) is 12.3. The highest BCUT2D eigenvalue weighted by Gasteiger charge is 2.18. The molecule has 3 amide bonds. The molecule has 1 aliphatic rings. The van der Waals surface area contributed by atoms with Gasteiger partial charge >= 0.3 is 11.8 Å². The van der Waals surface area contributed by atoms with Crippen molar-refractivity contribution in [1.29, 1.82) is 0 Å². The Morgan fingerprint density at radius 3 is 2.50 bits per heavy atom. The van der Waals surface area contributed by atoms with Gasteiger partial charge < -0.3 is 15.0 Å². The van der Waals surface area contributed by atoms with Gasteiger partial charge in [-0.3, -0.25) is 14.4 Å². The van der Waals surface area contributed by atoms with Gasteiger partial charge in [0.1, 0.15) is 11.6 Å². The minimum absolute atomic E-state index is 0.0858. The zero-order valence-electron chi connectivity index (χ0n) is 16.1. The summed E-state index contributed by atoms with van der Waals surface area (Å²) in [6.45, 7) is 1.39. The molecule has 0 aliphatic carbocycles. The third-order valence-electron chi connectivity index (χ3n) is 4.43. The number of nitrogens with zero attached hydrogens (tertiary/aromatic N) is 2. The highest BCUT2D eigenvalue weighted by Crippen LogP contribution is 2.17. The monoisotopic (exact) mass is 412 g/mol. The van der Waals surface area contributed by atoms with E-state index < -0.39 is 17.6 Å². The Labute approximate surface area is 172 Å². The molecular formula is C21H21FN4O4. The van der Waals surface area contributed by atoms with E-state index in [0.717, 1.165) is 32.0 Å². The van der Waals surface area contributed by atoms with Crippen LogP contribution in [0.4, 0.5) is 10.1 Å². The predicted molar refractivity (Wildman–Crippen MR) is 109 cm³/mol. The number of para-hydroxylation sites is 2. The number of ether oxygens (including phenoxy) is 1. The Bertz CT molecular complexity index is 958. The minimum atomic E-state index is -1.06. The van der Waals surface area contributed by atoms with Crippen molar-refractivity contribution < 1.29 is 23.5 Å². The molecule has 2 N–H and O–H groups in total. The van der Waals surface area contributed by atoms with E-state index in [1.807, 2.05) is 0 Å². The zero-order valence-corrected chi connectivity index (χ0v) is 16.1. The van der Waals surface area contributed by atoms with E-state index in [0.29, 0.717) is 11.3 Å². The molecule has 2 aromatic rings. The molecule has 0 bridgehead atoms. The van der Waals surface area contributed by atoms with E-state index in [1.165, 1.54) is 24.4 Å². The summed E-state index contributed by atoms with van der Waals surface area (Å²) in [5, 5.41) is 5.90. The SMILES string of the molecule is O=C(N/N=C\c1ccccc1OCC(=O)N1CCCC1)C(=O)Nc1ccccc1F. The molecule has 9 heteroatoms. The largest absolute Gasteiger partial charge is 0.483 e. The molecule has 156 valence electrons. The molecule has 1 saturated heterocycles. The molecule has 0 atom stereocenters. The van der Waals surface area contributed by atoms with Crippen LogP contribution in [0.5, 0.6) is 5.75 Å². The van der Waals surface area contributed by atoms with Crippen LogP contribution >= 0.6 is 0 Å². The number of benzene rings is 2. The van der Waals surface area contributed by atoms with Crippen molar-refractivity contribution >= 4 is 29.6 Å². The van der Waals surface area contributed by atoms with Crippen LogP contribution in [0.15, 0.2) is 53.6 Å². The molecule has 30 heavy (non-hydrogen) atoms. The lowest BCUT2D eigenvalue weighted by atomic mass is 10.2. The molecule has 0 spiro atoms. The topological polar surface area (TPSA) is 100 Å². The van der Waals surface area contributed by atoms with E-state index in [1.54, 1.807) is 29.2 Å². The summed E-state index contributed by atoms with van der Waals surface area (Å²) in [5.41, 5.74) is 2.48. The lowest BCUT2D eigenvalue weighted by Gasteiger charge is -2.16. The van der Waals surface area contributed by atoms with Gasteiger partial charge in [-0.25, -0.2) is 9.82 Å². The van der Waals surface area contributed by atoms with Gasteiger partial charge in [-0.05, 0) is 37.1 Å². The van der Waals surface area contributed by atoms with Gasteiger partial charge in [0.2, 0.25) is 0 Å². The quantitative estimate of drug-likeness (QED) is 0.430. The first-order valence-corrected chi connectivity index (χ1v) is 9.43. The van der Waals surface area contributed by atoms with Gasteiger partial charge in [0, 0.05) is 18.7 Å². The van der Waals surface area contributed by atoms with Gasteiger partial charge in [-0.2, -0.15) is 5.10 Å². The molecule has 0 saturated carbocycles. The van der Waals surface area contributed by atoms with Crippen molar-refractivity contribution in [3.63, 3.8) is 0 Å². The van der Waals surface area contributed by atoms with Crippen LogP contribution in [0.3, 0.4) is 0 Å². The van der Waals surface area contributed by atoms with Crippen LogP contribution in [0.2, 0.25) is 0 Å². The number of likely N-dealkylation sites (tertiary alicyclic amines) is 1. The molecule has 1 fully saturated rings. The maximum atomic E-state index is 13.5. The number of anilines is 1. The third-order valence-corrected chi connectivity index (χ3v) is 4.43. The fourth-order valence-electron chi connectivity index (χ4n) is 2.87. The normalized spacial score (nSPS) is 13.3. The van der Waals surface area contributed by atoms with Crippen LogP contribution in [-0.2, 0) is 14.4 Å². The van der Waals surface area contributed by atoms with Crippen LogP contribution in [0.1, 0.15) is 18.4 Å². The van der Waals surface area contributed by atoms with E-state index in [4.69, 9.17) is 4.74 Å². The second-order valence-corrected chi connectivity index (χ2v) is 6.55. The van der Waals surface area contributed by atoms with Crippen molar-refractivity contribution in [3.8, 4) is 5.75 Å². The molecular weight excluding hydrogens is 391 g/mol. The van der Waals surface area contributed by atoms with Gasteiger partial charge in [0.05, 0.1) is 11.9 Å². The van der Waals surface area contributed by atoms with Crippen molar-refractivity contribution in [3.05, 3.63) is 59.9 Å². The summed E-state index contributed by atoms with van der Waals surface area (Å²) < 4.78 is 19.1. The first-order chi connectivity index (χ1) is 14.5. The number of amides is 3. The lowest BCUT2D eigenvalue weighted by molar-refractivity contribution is -0.136. The number of hydrogen-bond acceptors (Lipinski definition) is 5. The van der Waals surface area contributed by atoms with Crippen LogP contribution in [-0.4, -0.2) is 48.5 Å². The lowest BCUT2D eigenvalue weighted by Crippen LogP contribution is -2.32. The summed E-state index contributed by atoms with van der Waals surface area (Å²) in [6.07, 6.45) is 3.29. The first-order valence-electron chi connectivity index (χ1n) is 9.43. The highest BCUT2D eigenvalue weighted by molar-refractivity contribution is 6.39. The van der Waals surface area contributed by atoms with Gasteiger partial charge in [-0.1, -0.05) is 24.3 Å². The van der Waals surface area contributed by atoms with E-state index in [2.05, 4.69) is 15.8 Å². The second-order valence-electron chi connectivity index (χ2n) is 6.55. The number of hydrogen-bond donors (Lipinski definition) is 2. The highest BCUT2D eigenvalue weighted by atomic mass is 19.1.